The number of carbonyl (C=O) groups is 1. The van der Waals surface area contributed by atoms with Crippen LogP contribution in [0.4, 0.5) is 5.95 Å². The number of nitrogens with two attached hydrogens (primary N) is 1. The Kier molecular flexibility index (Phi) is 3.56. The van der Waals surface area contributed by atoms with Gasteiger partial charge in [-0.1, -0.05) is 0 Å². The molecule has 0 radical (unpaired) electrons. The number of rotatable bonds is 4. The van der Waals surface area contributed by atoms with Gasteiger partial charge in [0.15, 0.2) is 0 Å². The summed E-state index contributed by atoms with van der Waals surface area (Å²) in [4.78, 5) is 22.5. The normalized spacial score (nSPS) is 10.6. The standard InChI is InChI=1S/C10H14N6OS/c1-7-12-3-8(18-7)4-15(2)9(17)5-16-6-13-10(11)14-16/h3,6H,4-5H2,1-2H3,(H2,11,14). The van der Waals surface area contributed by atoms with E-state index >= 15 is 0 Å². The van der Waals surface area contributed by atoms with E-state index in [1.165, 1.54) is 11.0 Å². The van der Waals surface area contributed by atoms with Crippen LogP contribution in [0.25, 0.3) is 0 Å². The lowest BCUT2D eigenvalue weighted by molar-refractivity contribution is -0.131. The Morgan fingerprint density at radius 3 is 2.89 bits per heavy atom. The predicted molar refractivity (Wildman–Crippen MR) is 67.8 cm³/mol. The molecule has 0 saturated heterocycles. The van der Waals surface area contributed by atoms with Gasteiger partial charge in [0.25, 0.3) is 0 Å². The van der Waals surface area contributed by atoms with Crippen LogP contribution in [-0.4, -0.2) is 37.6 Å². The molecule has 0 spiro atoms. The van der Waals surface area contributed by atoms with Gasteiger partial charge in [0.2, 0.25) is 11.9 Å². The number of hydrogen-bond acceptors (Lipinski definition) is 6. The van der Waals surface area contributed by atoms with Crippen LogP contribution in [0.15, 0.2) is 12.5 Å². The summed E-state index contributed by atoms with van der Waals surface area (Å²) in [6, 6.07) is 0. The van der Waals surface area contributed by atoms with E-state index in [0.29, 0.717) is 6.54 Å². The summed E-state index contributed by atoms with van der Waals surface area (Å²) < 4.78 is 1.42. The van der Waals surface area contributed by atoms with Crippen molar-refractivity contribution in [1.82, 2.24) is 24.6 Å². The number of likely N-dealkylation sites (N-methyl/N-ethyl adjacent to an activating group) is 1. The lowest BCUT2D eigenvalue weighted by Gasteiger charge is -2.15. The Labute approximate surface area is 108 Å². The van der Waals surface area contributed by atoms with E-state index < -0.39 is 0 Å². The topological polar surface area (TPSA) is 89.9 Å². The first-order chi connectivity index (χ1) is 8.54. The van der Waals surface area contributed by atoms with E-state index in [9.17, 15) is 4.79 Å². The summed E-state index contributed by atoms with van der Waals surface area (Å²) in [5.74, 6) is 0.120. The number of carbonyl (C=O) groups excluding carboxylic acids is 1. The first kappa shape index (κ1) is 12.5. The van der Waals surface area contributed by atoms with E-state index in [-0.39, 0.29) is 18.4 Å². The second-order valence-corrected chi connectivity index (χ2v) is 5.22. The molecule has 2 aromatic heterocycles. The van der Waals surface area contributed by atoms with Gasteiger partial charge in [0.1, 0.15) is 12.9 Å². The zero-order valence-electron chi connectivity index (χ0n) is 10.2. The highest BCUT2D eigenvalue weighted by molar-refractivity contribution is 7.11. The van der Waals surface area contributed by atoms with Crippen molar-refractivity contribution in [3.8, 4) is 0 Å². The number of nitrogen functional groups attached to an aromatic ring is 1. The molecule has 0 saturated carbocycles. The lowest BCUT2D eigenvalue weighted by atomic mass is 10.4. The number of nitrogens with zero attached hydrogens (tertiary/aromatic N) is 5. The van der Waals surface area contributed by atoms with Gasteiger partial charge in [-0.3, -0.25) is 4.79 Å². The van der Waals surface area contributed by atoms with Crippen LogP contribution in [0, 0.1) is 6.92 Å². The highest BCUT2D eigenvalue weighted by Gasteiger charge is 2.12. The fourth-order valence-electron chi connectivity index (χ4n) is 1.44. The van der Waals surface area contributed by atoms with Crippen LogP contribution in [0.1, 0.15) is 9.88 Å². The highest BCUT2D eigenvalue weighted by atomic mass is 32.1. The van der Waals surface area contributed by atoms with Gasteiger partial charge in [-0.25, -0.2) is 14.6 Å². The van der Waals surface area contributed by atoms with Crippen LogP contribution in [-0.2, 0) is 17.9 Å². The van der Waals surface area contributed by atoms with Crippen LogP contribution in [0.5, 0.6) is 0 Å². The number of thiazole rings is 1. The molecule has 2 heterocycles. The monoisotopic (exact) mass is 266 g/mol. The summed E-state index contributed by atoms with van der Waals surface area (Å²) in [7, 11) is 1.75. The van der Waals surface area contributed by atoms with Gasteiger partial charge >= 0.3 is 0 Å². The average Bonchev–Trinajstić information content (AvgIpc) is 2.88. The third-order valence-electron chi connectivity index (χ3n) is 2.34. The summed E-state index contributed by atoms with van der Waals surface area (Å²) in [5.41, 5.74) is 5.38. The minimum Gasteiger partial charge on any atom is -0.367 e. The molecule has 0 fully saturated rings. The maximum absolute atomic E-state index is 11.9. The zero-order chi connectivity index (χ0) is 13.1. The van der Waals surface area contributed by atoms with E-state index in [1.807, 2.05) is 6.92 Å². The predicted octanol–water partition coefficient (Wildman–Crippen LogP) is 0.284. The third-order valence-corrected chi connectivity index (χ3v) is 3.24. The second kappa shape index (κ2) is 5.13. The largest absolute Gasteiger partial charge is 0.367 e. The minimum absolute atomic E-state index is 0.0500. The van der Waals surface area contributed by atoms with Crippen LogP contribution in [0.2, 0.25) is 0 Å². The Morgan fingerprint density at radius 1 is 1.56 bits per heavy atom. The van der Waals surface area contributed by atoms with Crippen molar-refractivity contribution in [1.29, 1.82) is 0 Å². The molecule has 0 bridgehead atoms. The first-order valence-electron chi connectivity index (χ1n) is 5.35. The highest BCUT2D eigenvalue weighted by Crippen LogP contribution is 2.13. The van der Waals surface area contributed by atoms with Crippen molar-refractivity contribution in [3.63, 3.8) is 0 Å². The number of aryl methyl sites for hydroxylation is 1. The Balaban J connectivity index is 1.92. The summed E-state index contributed by atoms with van der Waals surface area (Å²) in [6.45, 7) is 2.63. The molecule has 96 valence electrons. The molecule has 2 aromatic rings. The minimum atomic E-state index is -0.0500. The van der Waals surface area contributed by atoms with Crippen molar-refractivity contribution in [2.24, 2.45) is 0 Å². The molecular weight excluding hydrogens is 252 g/mol. The third kappa shape index (κ3) is 3.04. The van der Waals surface area contributed by atoms with Gasteiger partial charge in [-0.2, -0.15) is 0 Å². The van der Waals surface area contributed by atoms with Crippen molar-refractivity contribution in [2.45, 2.75) is 20.0 Å². The zero-order valence-corrected chi connectivity index (χ0v) is 11.0. The average molecular weight is 266 g/mol. The Bertz CT molecular complexity index is 548. The van der Waals surface area contributed by atoms with Crippen LogP contribution in [0.3, 0.4) is 0 Å². The van der Waals surface area contributed by atoms with E-state index in [4.69, 9.17) is 5.73 Å². The van der Waals surface area contributed by atoms with Crippen molar-refractivity contribution in [3.05, 3.63) is 22.4 Å². The van der Waals surface area contributed by atoms with Gasteiger partial charge in [-0.05, 0) is 6.92 Å². The van der Waals surface area contributed by atoms with E-state index in [1.54, 1.807) is 29.5 Å². The quantitative estimate of drug-likeness (QED) is 0.858. The van der Waals surface area contributed by atoms with Gasteiger partial charge in [-0.15, -0.1) is 16.4 Å². The molecule has 2 N–H and O–H groups in total. The van der Waals surface area contributed by atoms with E-state index in [2.05, 4.69) is 15.1 Å². The molecular formula is C10H14N6OS. The second-order valence-electron chi connectivity index (χ2n) is 3.90. The molecule has 0 aliphatic heterocycles. The fraction of sp³-hybridized carbons (Fsp3) is 0.400. The van der Waals surface area contributed by atoms with Gasteiger partial charge in [0.05, 0.1) is 11.6 Å². The first-order valence-corrected chi connectivity index (χ1v) is 6.16. The van der Waals surface area contributed by atoms with Crippen LogP contribution < -0.4 is 5.73 Å². The number of hydrogen-bond donors (Lipinski definition) is 1. The van der Waals surface area contributed by atoms with Crippen molar-refractivity contribution in [2.75, 3.05) is 12.8 Å². The molecule has 7 nitrogen and oxygen atoms in total. The molecule has 0 aliphatic rings. The van der Waals surface area contributed by atoms with E-state index in [0.717, 1.165) is 9.88 Å². The molecule has 2 rings (SSSR count). The summed E-state index contributed by atoms with van der Waals surface area (Å²) >= 11 is 1.58. The molecule has 0 aromatic carbocycles. The Hall–Kier alpha value is -1.96. The lowest BCUT2D eigenvalue weighted by Crippen LogP contribution is -2.29. The summed E-state index contributed by atoms with van der Waals surface area (Å²) in [6.07, 6.45) is 3.23. The van der Waals surface area contributed by atoms with Gasteiger partial charge in [0, 0.05) is 18.1 Å². The molecule has 0 unspecified atom stereocenters. The van der Waals surface area contributed by atoms with Gasteiger partial charge < -0.3 is 10.6 Å². The summed E-state index contributed by atoms with van der Waals surface area (Å²) in [5, 5.41) is 4.87. The molecule has 8 heteroatoms. The number of amides is 1. The SMILES string of the molecule is Cc1ncc(CN(C)C(=O)Cn2cnc(N)n2)s1. The molecule has 1 amide bonds. The maximum atomic E-state index is 11.9. The fourth-order valence-corrected chi connectivity index (χ4v) is 2.29. The maximum Gasteiger partial charge on any atom is 0.244 e. The molecule has 18 heavy (non-hydrogen) atoms. The Morgan fingerprint density at radius 2 is 2.33 bits per heavy atom. The smallest absolute Gasteiger partial charge is 0.244 e. The molecule has 0 atom stereocenters. The van der Waals surface area contributed by atoms with Crippen LogP contribution >= 0.6 is 11.3 Å². The van der Waals surface area contributed by atoms with Crippen molar-refractivity contribution >= 4 is 23.2 Å². The molecule has 0 aliphatic carbocycles. The number of aromatic nitrogens is 4. The van der Waals surface area contributed by atoms with Crippen molar-refractivity contribution < 1.29 is 4.79 Å². The number of anilines is 1.